The molecule has 0 bridgehead atoms. The van der Waals surface area contributed by atoms with E-state index in [2.05, 4.69) is 15.5 Å². The van der Waals surface area contributed by atoms with E-state index in [1.165, 1.54) is 12.1 Å². The van der Waals surface area contributed by atoms with Crippen molar-refractivity contribution in [2.45, 2.75) is 11.7 Å². The number of nitrogens with zero attached hydrogens (tertiary/aromatic N) is 3. The van der Waals surface area contributed by atoms with Gasteiger partial charge in [-0.05, 0) is 6.07 Å². The summed E-state index contributed by atoms with van der Waals surface area (Å²) in [6.45, 7) is 0. The lowest BCUT2D eigenvalue weighted by atomic mass is 10.2. The van der Waals surface area contributed by atoms with Crippen LogP contribution in [0.3, 0.4) is 0 Å². The van der Waals surface area contributed by atoms with Crippen molar-refractivity contribution < 1.29 is 24.7 Å². The molecular weight excluding hydrogens is 328 g/mol. The van der Waals surface area contributed by atoms with Crippen LogP contribution in [0.1, 0.15) is 12.0 Å². The topological polar surface area (TPSA) is 154 Å². The number of nitrogens with one attached hydrogen (secondary N) is 1. The first kappa shape index (κ1) is 16.4. The summed E-state index contributed by atoms with van der Waals surface area (Å²) in [6.07, 6.45) is 0.747. The summed E-state index contributed by atoms with van der Waals surface area (Å²) in [4.78, 5) is 32.0. The second kappa shape index (κ2) is 6.87. The molecule has 0 spiro atoms. The predicted molar refractivity (Wildman–Crippen MR) is 81.6 cm³/mol. The number of carbonyl (C=O) groups is 2. The molecule has 2 rings (SSSR count). The lowest BCUT2D eigenvalue weighted by Crippen LogP contribution is -2.26. The number of hydrogen-bond donors (Lipinski definition) is 3. The number of carbonyl (C=O) groups excluding carboxylic acids is 1. The molecule has 0 saturated carbocycles. The van der Waals surface area contributed by atoms with Crippen molar-refractivity contribution in [3.05, 3.63) is 33.9 Å². The van der Waals surface area contributed by atoms with Crippen molar-refractivity contribution in [2.24, 2.45) is 10.2 Å². The fraction of sp³-hybridized carbons (Fsp3) is 0.167. The summed E-state index contributed by atoms with van der Waals surface area (Å²) in [7, 11) is 0. The zero-order valence-electron chi connectivity index (χ0n) is 11.4. The second-order valence-electron chi connectivity index (χ2n) is 4.32. The molecule has 1 aliphatic rings. The van der Waals surface area contributed by atoms with E-state index in [0.29, 0.717) is 0 Å². The predicted octanol–water partition coefficient (Wildman–Crippen LogP) is 0.697. The van der Waals surface area contributed by atoms with Crippen LogP contribution in [-0.2, 0) is 9.59 Å². The second-order valence-corrected chi connectivity index (χ2v) is 5.51. The number of thioether (sulfide) groups is 1. The minimum absolute atomic E-state index is 0.0833. The number of aliphatic carboxylic acids is 1. The molecule has 0 aromatic heterocycles. The third-order valence-corrected chi connectivity index (χ3v) is 3.80. The fourth-order valence-electron chi connectivity index (χ4n) is 1.69. The zero-order valence-corrected chi connectivity index (χ0v) is 12.2. The Hall–Kier alpha value is -2.95. The molecule has 3 N–H and O–H groups in total. The van der Waals surface area contributed by atoms with Gasteiger partial charge in [0.25, 0.3) is 0 Å². The maximum Gasteiger partial charge on any atom is 0.311 e. The summed E-state index contributed by atoms with van der Waals surface area (Å²) < 4.78 is 0. The van der Waals surface area contributed by atoms with Crippen LogP contribution < -0.4 is 5.32 Å². The molecule has 1 amide bonds. The molecule has 11 heteroatoms. The quantitative estimate of drug-likeness (QED) is 0.405. The van der Waals surface area contributed by atoms with Crippen LogP contribution in [0.15, 0.2) is 28.4 Å². The number of benzene rings is 1. The molecule has 1 saturated heterocycles. The van der Waals surface area contributed by atoms with Crippen LogP contribution in [0.5, 0.6) is 5.75 Å². The van der Waals surface area contributed by atoms with E-state index in [0.717, 1.165) is 24.0 Å². The molecule has 1 fully saturated rings. The van der Waals surface area contributed by atoms with Crippen molar-refractivity contribution >= 4 is 40.7 Å². The Balaban J connectivity index is 2.10. The van der Waals surface area contributed by atoms with Gasteiger partial charge in [-0.1, -0.05) is 17.8 Å². The molecule has 1 aromatic carbocycles. The van der Waals surface area contributed by atoms with Gasteiger partial charge in [0, 0.05) is 11.6 Å². The Morgan fingerprint density at radius 3 is 2.91 bits per heavy atom. The maximum absolute atomic E-state index is 11.5. The molecule has 120 valence electrons. The Labute approximate surface area is 133 Å². The lowest BCUT2D eigenvalue weighted by Gasteiger charge is -1.98. The Kier molecular flexibility index (Phi) is 4.91. The van der Waals surface area contributed by atoms with Gasteiger partial charge in [-0.3, -0.25) is 19.7 Å². The SMILES string of the molecule is O=C(O)CC1SC(=NN=Cc2cccc([N+](=O)[O-])c2O)NC1=O. The molecule has 1 aliphatic heterocycles. The lowest BCUT2D eigenvalue weighted by molar-refractivity contribution is -0.385. The van der Waals surface area contributed by atoms with E-state index in [1.807, 2.05) is 0 Å². The third kappa shape index (κ3) is 4.03. The van der Waals surface area contributed by atoms with Gasteiger partial charge in [-0.15, -0.1) is 5.10 Å². The first-order valence-electron chi connectivity index (χ1n) is 6.15. The minimum atomic E-state index is -1.11. The van der Waals surface area contributed by atoms with E-state index in [4.69, 9.17) is 5.11 Å². The highest BCUT2D eigenvalue weighted by molar-refractivity contribution is 8.15. The highest BCUT2D eigenvalue weighted by Gasteiger charge is 2.32. The average molecular weight is 338 g/mol. The molecule has 0 aliphatic carbocycles. The number of aromatic hydroxyl groups is 1. The first-order chi connectivity index (χ1) is 10.9. The van der Waals surface area contributed by atoms with Gasteiger partial charge in [0.2, 0.25) is 11.7 Å². The summed E-state index contributed by atoms with van der Waals surface area (Å²) >= 11 is 0.919. The maximum atomic E-state index is 11.5. The summed E-state index contributed by atoms with van der Waals surface area (Å²) in [5.74, 6) is -2.14. The van der Waals surface area contributed by atoms with Gasteiger partial charge in [-0.2, -0.15) is 5.10 Å². The summed E-state index contributed by atoms with van der Waals surface area (Å²) in [5.41, 5.74) is -0.383. The molecule has 1 aromatic rings. The van der Waals surface area contributed by atoms with Crippen molar-refractivity contribution in [3.63, 3.8) is 0 Å². The fourth-order valence-corrected chi connectivity index (χ4v) is 2.60. The number of rotatable bonds is 5. The van der Waals surface area contributed by atoms with Gasteiger partial charge in [0.05, 0.1) is 17.6 Å². The smallest absolute Gasteiger partial charge is 0.311 e. The van der Waals surface area contributed by atoms with Gasteiger partial charge in [0.1, 0.15) is 5.25 Å². The average Bonchev–Trinajstić information content (AvgIpc) is 2.80. The normalized spacial score (nSPS) is 19.2. The monoisotopic (exact) mass is 338 g/mol. The summed E-state index contributed by atoms with van der Waals surface area (Å²) in [5, 5.41) is 38.1. The highest BCUT2D eigenvalue weighted by Crippen LogP contribution is 2.28. The van der Waals surface area contributed by atoms with Crippen molar-refractivity contribution in [1.82, 2.24) is 5.32 Å². The number of phenols is 1. The Morgan fingerprint density at radius 1 is 1.52 bits per heavy atom. The molecular formula is C12H10N4O6S. The van der Waals surface area contributed by atoms with Crippen LogP contribution in [0.4, 0.5) is 5.69 Å². The molecule has 1 unspecified atom stereocenters. The standard InChI is InChI=1S/C12H10N4O6S/c17-9(18)4-8-11(20)14-12(23-8)15-13-5-6-2-1-3-7(10(6)19)16(21)22/h1-3,5,8,19H,4H2,(H,17,18)(H,14,15,20). The van der Waals surface area contributed by atoms with E-state index in [9.17, 15) is 24.8 Å². The number of carboxylic acids is 1. The molecule has 10 nitrogen and oxygen atoms in total. The minimum Gasteiger partial charge on any atom is -0.502 e. The number of nitro benzene ring substituents is 1. The van der Waals surface area contributed by atoms with Crippen LogP contribution in [-0.4, -0.2) is 43.6 Å². The largest absolute Gasteiger partial charge is 0.502 e. The molecule has 23 heavy (non-hydrogen) atoms. The highest BCUT2D eigenvalue weighted by atomic mass is 32.2. The van der Waals surface area contributed by atoms with Crippen LogP contribution >= 0.6 is 11.8 Å². The molecule has 1 atom stereocenters. The zero-order chi connectivity index (χ0) is 17.0. The van der Waals surface area contributed by atoms with Gasteiger partial charge in [-0.25, -0.2) is 0 Å². The Morgan fingerprint density at radius 2 is 2.26 bits per heavy atom. The number of hydrogen-bond acceptors (Lipinski definition) is 8. The van der Waals surface area contributed by atoms with E-state index in [-0.39, 0.29) is 17.2 Å². The number of amidine groups is 1. The van der Waals surface area contributed by atoms with Crippen LogP contribution in [0.2, 0.25) is 0 Å². The van der Waals surface area contributed by atoms with Gasteiger partial charge >= 0.3 is 11.7 Å². The number of nitro groups is 1. The van der Waals surface area contributed by atoms with Crippen LogP contribution in [0.25, 0.3) is 0 Å². The van der Waals surface area contributed by atoms with E-state index in [1.54, 1.807) is 0 Å². The number of carboxylic acid groups (broad SMARTS) is 1. The van der Waals surface area contributed by atoms with Crippen molar-refractivity contribution in [1.29, 1.82) is 0 Å². The first-order valence-corrected chi connectivity index (χ1v) is 7.03. The number of para-hydroxylation sites is 1. The van der Waals surface area contributed by atoms with Gasteiger partial charge in [0.15, 0.2) is 5.17 Å². The Bertz CT molecular complexity index is 732. The van der Waals surface area contributed by atoms with E-state index < -0.39 is 33.5 Å². The molecule has 1 heterocycles. The van der Waals surface area contributed by atoms with Crippen molar-refractivity contribution in [2.75, 3.05) is 0 Å². The van der Waals surface area contributed by atoms with E-state index >= 15 is 0 Å². The summed E-state index contributed by atoms with van der Waals surface area (Å²) in [6, 6.07) is 3.92. The number of amides is 1. The molecule has 0 radical (unpaired) electrons. The van der Waals surface area contributed by atoms with Crippen LogP contribution in [0, 0.1) is 10.1 Å². The van der Waals surface area contributed by atoms with Crippen molar-refractivity contribution in [3.8, 4) is 5.75 Å². The number of phenolic OH excluding ortho intramolecular Hbond substituents is 1. The van der Waals surface area contributed by atoms with Gasteiger partial charge < -0.3 is 15.5 Å². The third-order valence-electron chi connectivity index (χ3n) is 2.72.